The SMILES string of the molecule is CCOC(=O)c1sc2nc(C(Cl)=Cc3cccc(O)c3)[nH]c(=O)c2c1C. The number of hydrogen-bond acceptors (Lipinski definition) is 6. The monoisotopic (exact) mass is 390 g/mol. The standard InChI is InChI=1S/C18H15ClN2O4S/c1-3-25-18(24)14-9(2)13-16(23)20-15(21-17(13)26-14)12(19)8-10-5-4-6-11(22)7-10/h4-8,22H,3H2,1-2H3,(H,20,21,23). The van der Waals surface area contributed by atoms with Crippen molar-refractivity contribution >= 4 is 50.2 Å². The van der Waals surface area contributed by atoms with Crippen LogP contribution < -0.4 is 5.56 Å². The summed E-state index contributed by atoms with van der Waals surface area (Å²) in [5.74, 6) is -0.187. The largest absolute Gasteiger partial charge is 0.508 e. The van der Waals surface area contributed by atoms with Crippen LogP contribution >= 0.6 is 22.9 Å². The topological polar surface area (TPSA) is 92.3 Å². The summed E-state index contributed by atoms with van der Waals surface area (Å²) >= 11 is 7.38. The average Bonchev–Trinajstić information content (AvgIpc) is 2.92. The summed E-state index contributed by atoms with van der Waals surface area (Å²) in [7, 11) is 0. The van der Waals surface area contributed by atoms with Crippen LogP contribution in [-0.2, 0) is 4.74 Å². The maximum Gasteiger partial charge on any atom is 0.348 e. The number of aromatic nitrogens is 2. The Kier molecular flexibility index (Phi) is 5.11. The normalized spacial score (nSPS) is 11.7. The molecule has 0 saturated carbocycles. The fraction of sp³-hybridized carbons (Fsp3) is 0.167. The van der Waals surface area contributed by atoms with Gasteiger partial charge in [-0.3, -0.25) is 4.79 Å². The fourth-order valence-corrected chi connectivity index (χ4v) is 3.77. The van der Waals surface area contributed by atoms with Gasteiger partial charge in [0.25, 0.3) is 5.56 Å². The van der Waals surface area contributed by atoms with E-state index in [1.165, 1.54) is 6.07 Å². The molecule has 26 heavy (non-hydrogen) atoms. The van der Waals surface area contributed by atoms with Gasteiger partial charge < -0.3 is 14.8 Å². The highest BCUT2D eigenvalue weighted by molar-refractivity contribution is 7.20. The van der Waals surface area contributed by atoms with E-state index < -0.39 is 5.97 Å². The molecule has 6 nitrogen and oxygen atoms in total. The number of aryl methyl sites for hydroxylation is 1. The minimum atomic E-state index is -0.477. The minimum Gasteiger partial charge on any atom is -0.508 e. The van der Waals surface area contributed by atoms with Crippen molar-refractivity contribution in [2.45, 2.75) is 13.8 Å². The van der Waals surface area contributed by atoms with Crippen LogP contribution in [-0.4, -0.2) is 27.7 Å². The Morgan fingerprint density at radius 1 is 1.46 bits per heavy atom. The van der Waals surface area contributed by atoms with E-state index in [0.29, 0.717) is 26.2 Å². The second-order valence-corrected chi connectivity index (χ2v) is 6.86. The summed E-state index contributed by atoms with van der Waals surface area (Å²) in [5.41, 5.74) is 0.820. The number of fused-ring (bicyclic) bond motifs is 1. The van der Waals surface area contributed by atoms with Gasteiger partial charge >= 0.3 is 5.97 Å². The molecule has 8 heteroatoms. The van der Waals surface area contributed by atoms with Crippen LogP contribution in [0.5, 0.6) is 5.75 Å². The Morgan fingerprint density at radius 3 is 2.92 bits per heavy atom. The van der Waals surface area contributed by atoms with Crippen LogP contribution in [0.3, 0.4) is 0 Å². The molecular weight excluding hydrogens is 376 g/mol. The first-order valence-corrected chi connectivity index (χ1v) is 8.97. The van der Waals surface area contributed by atoms with Crippen molar-refractivity contribution in [3.63, 3.8) is 0 Å². The van der Waals surface area contributed by atoms with Gasteiger partial charge in [0.15, 0.2) is 5.82 Å². The Balaban J connectivity index is 2.08. The first-order chi connectivity index (χ1) is 12.4. The molecule has 0 unspecified atom stereocenters. The molecule has 2 N–H and O–H groups in total. The third-order valence-electron chi connectivity index (χ3n) is 3.65. The van der Waals surface area contributed by atoms with E-state index in [9.17, 15) is 14.7 Å². The number of thiophene rings is 1. The van der Waals surface area contributed by atoms with E-state index in [1.807, 2.05) is 0 Å². The van der Waals surface area contributed by atoms with Crippen LogP contribution in [0.15, 0.2) is 29.1 Å². The summed E-state index contributed by atoms with van der Waals surface area (Å²) in [5, 5.41) is 10.1. The molecule has 0 aliphatic carbocycles. The van der Waals surface area contributed by atoms with E-state index in [-0.39, 0.29) is 28.8 Å². The minimum absolute atomic E-state index is 0.105. The number of hydrogen-bond donors (Lipinski definition) is 2. The number of phenolic OH excluding ortho intramolecular Hbond substituents is 1. The molecule has 1 aromatic carbocycles. The highest BCUT2D eigenvalue weighted by atomic mass is 35.5. The van der Waals surface area contributed by atoms with Gasteiger partial charge in [0, 0.05) is 0 Å². The van der Waals surface area contributed by atoms with Gasteiger partial charge in [-0.1, -0.05) is 23.7 Å². The van der Waals surface area contributed by atoms with Gasteiger partial charge in [-0.2, -0.15) is 0 Å². The highest BCUT2D eigenvalue weighted by Crippen LogP contribution is 2.29. The molecule has 3 aromatic rings. The molecule has 0 aliphatic heterocycles. The number of aromatic amines is 1. The van der Waals surface area contributed by atoms with Crippen LogP contribution in [0.1, 0.15) is 33.5 Å². The van der Waals surface area contributed by atoms with E-state index in [2.05, 4.69) is 9.97 Å². The predicted molar refractivity (Wildman–Crippen MR) is 103 cm³/mol. The lowest BCUT2D eigenvalue weighted by atomic mass is 10.2. The molecule has 0 bridgehead atoms. The van der Waals surface area contributed by atoms with E-state index >= 15 is 0 Å². The Hall–Kier alpha value is -2.64. The maximum atomic E-state index is 12.5. The Bertz CT molecular complexity index is 1080. The van der Waals surface area contributed by atoms with Gasteiger partial charge in [0.2, 0.25) is 0 Å². The molecule has 2 heterocycles. The van der Waals surface area contributed by atoms with Gasteiger partial charge in [0.1, 0.15) is 15.5 Å². The zero-order chi connectivity index (χ0) is 18.8. The third-order valence-corrected chi connectivity index (χ3v) is 5.11. The van der Waals surface area contributed by atoms with Crippen molar-refractivity contribution in [1.29, 1.82) is 0 Å². The molecule has 134 valence electrons. The number of esters is 1. The number of benzene rings is 1. The van der Waals surface area contributed by atoms with Crippen molar-refractivity contribution in [3.8, 4) is 5.75 Å². The molecule has 0 saturated heterocycles. The first kappa shape index (κ1) is 18.2. The number of halogens is 1. The first-order valence-electron chi connectivity index (χ1n) is 7.77. The van der Waals surface area contributed by atoms with Crippen molar-refractivity contribution in [3.05, 3.63) is 56.4 Å². The average molecular weight is 391 g/mol. The molecule has 0 aliphatic rings. The summed E-state index contributed by atoms with van der Waals surface area (Å²) in [6.07, 6.45) is 1.58. The van der Waals surface area contributed by atoms with Crippen LogP contribution in [0, 0.1) is 6.92 Å². The van der Waals surface area contributed by atoms with Crippen LogP contribution in [0.25, 0.3) is 21.3 Å². The van der Waals surface area contributed by atoms with E-state index in [4.69, 9.17) is 16.3 Å². The molecule has 0 radical (unpaired) electrons. The zero-order valence-corrected chi connectivity index (χ0v) is 15.6. The van der Waals surface area contributed by atoms with Crippen LogP contribution in [0.2, 0.25) is 0 Å². The number of nitrogens with one attached hydrogen (secondary N) is 1. The molecular formula is C18H15ClN2O4S. The number of rotatable bonds is 4. The second kappa shape index (κ2) is 7.31. The van der Waals surface area contributed by atoms with Crippen molar-refractivity contribution in [1.82, 2.24) is 9.97 Å². The fourth-order valence-electron chi connectivity index (χ4n) is 2.48. The third kappa shape index (κ3) is 3.49. The van der Waals surface area contributed by atoms with Crippen molar-refractivity contribution < 1.29 is 14.6 Å². The maximum absolute atomic E-state index is 12.5. The second-order valence-electron chi connectivity index (χ2n) is 5.46. The molecule has 2 aromatic heterocycles. The van der Waals surface area contributed by atoms with Gasteiger partial charge in [-0.25, -0.2) is 9.78 Å². The predicted octanol–water partition coefficient (Wildman–Crippen LogP) is 3.91. The van der Waals surface area contributed by atoms with Gasteiger partial charge in [-0.15, -0.1) is 11.3 Å². The lowest BCUT2D eigenvalue weighted by molar-refractivity contribution is 0.0531. The van der Waals surface area contributed by atoms with E-state index in [1.54, 1.807) is 38.1 Å². The van der Waals surface area contributed by atoms with Gasteiger partial charge in [-0.05, 0) is 43.2 Å². The van der Waals surface area contributed by atoms with Gasteiger partial charge in [0.05, 0.1) is 17.0 Å². The van der Waals surface area contributed by atoms with E-state index in [0.717, 1.165) is 11.3 Å². The quantitative estimate of drug-likeness (QED) is 0.659. The number of H-pyrrole nitrogens is 1. The summed E-state index contributed by atoms with van der Waals surface area (Å²) in [4.78, 5) is 32.3. The highest BCUT2D eigenvalue weighted by Gasteiger charge is 2.20. The lowest BCUT2D eigenvalue weighted by Gasteiger charge is -2.01. The molecule has 0 amide bonds. The summed E-state index contributed by atoms with van der Waals surface area (Å²) in [6, 6.07) is 6.52. The summed E-state index contributed by atoms with van der Waals surface area (Å²) in [6.45, 7) is 3.65. The number of nitrogens with zero attached hydrogens (tertiary/aromatic N) is 1. The summed E-state index contributed by atoms with van der Waals surface area (Å²) < 4.78 is 5.02. The smallest absolute Gasteiger partial charge is 0.348 e. The molecule has 0 spiro atoms. The molecule has 0 atom stereocenters. The Labute approximate surface area is 157 Å². The number of phenols is 1. The number of carbonyl (C=O) groups is 1. The molecule has 0 fully saturated rings. The number of aromatic hydroxyl groups is 1. The molecule has 3 rings (SSSR count). The van der Waals surface area contributed by atoms with Crippen LogP contribution in [0.4, 0.5) is 0 Å². The lowest BCUT2D eigenvalue weighted by Crippen LogP contribution is -2.10. The number of carbonyl (C=O) groups excluding carboxylic acids is 1. The zero-order valence-electron chi connectivity index (χ0n) is 14.0. The Morgan fingerprint density at radius 2 is 2.23 bits per heavy atom. The number of ether oxygens (including phenoxy) is 1. The van der Waals surface area contributed by atoms with Crippen molar-refractivity contribution in [2.75, 3.05) is 6.61 Å². The van der Waals surface area contributed by atoms with Crippen molar-refractivity contribution in [2.24, 2.45) is 0 Å².